The highest BCUT2D eigenvalue weighted by atomic mass is 28.4. The monoisotopic (exact) mass is 264 g/mol. The molecule has 0 amide bonds. The van der Waals surface area contributed by atoms with Gasteiger partial charge in [-0.1, -0.05) is 13.3 Å². The quantitative estimate of drug-likeness (QED) is 0.695. The van der Waals surface area contributed by atoms with Crippen LogP contribution < -0.4 is 0 Å². The van der Waals surface area contributed by atoms with Gasteiger partial charge >= 0.3 is 0 Å². The zero-order valence-electron chi connectivity index (χ0n) is 11.6. The average molecular weight is 265 g/mol. The van der Waals surface area contributed by atoms with E-state index in [1.165, 1.54) is 0 Å². The average Bonchev–Trinajstić information content (AvgIpc) is 2.08. The van der Waals surface area contributed by atoms with E-state index >= 15 is 0 Å². The molecule has 0 aliphatic heterocycles. The molecule has 2 N–H and O–H groups in total. The van der Waals surface area contributed by atoms with Crippen LogP contribution in [0.4, 0.5) is 0 Å². The van der Waals surface area contributed by atoms with E-state index in [-0.39, 0.29) is 12.1 Å². The minimum absolute atomic E-state index is 0.134. The highest BCUT2D eigenvalue weighted by molar-refractivity contribution is 6.85. The van der Waals surface area contributed by atoms with Gasteiger partial charge in [-0.15, -0.1) is 0 Å². The molecule has 0 fully saturated rings. The lowest BCUT2D eigenvalue weighted by atomic mass is 10.1. The van der Waals surface area contributed by atoms with Gasteiger partial charge in [0.05, 0.1) is 12.7 Å². The Balaban J connectivity index is 4.74. The van der Waals surface area contributed by atoms with Crippen molar-refractivity contribution in [1.29, 1.82) is 0 Å². The molecule has 0 saturated heterocycles. The summed E-state index contributed by atoms with van der Waals surface area (Å²) in [6, 6.07) is 0. The van der Waals surface area contributed by atoms with E-state index in [1.54, 1.807) is 0 Å². The SMILES string of the molecule is CCCC(C(O)CO)[Si](C)(C)O[Si](C)(C)C. The Kier molecular flexibility index (Phi) is 6.43. The minimum Gasteiger partial charge on any atom is -0.455 e. The van der Waals surface area contributed by atoms with Crippen molar-refractivity contribution in [1.82, 2.24) is 0 Å². The smallest absolute Gasteiger partial charge is 0.179 e. The van der Waals surface area contributed by atoms with Crippen LogP contribution in [0.3, 0.4) is 0 Å². The van der Waals surface area contributed by atoms with Crippen LogP contribution in [0.1, 0.15) is 19.8 Å². The number of aliphatic hydroxyl groups is 2. The fraction of sp³-hybridized carbons (Fsp3) is 1.00. The summed E-state index contributed by atoms with van der Waals surface area (Å²) in [5, 5.41) is 19.0. The summed E-state index contributed by atoms with van der Waals surface area (Å²) in [6.45, 7) is 12.8. The second-order valence-corrected chi connectivity index (χ2v) is 15.0. The molecule has 0 aliphatic rings. The van der Waals surface area contributed by atoms with Crippen LogP contribution in [-0.4, -0.2) is 39.6 Å². The van der Waals surface area contributed by atoms with Crippen LogP contribution >= 0.6 is 0 Å². The summed E-state index contributed by atoms with van der Waals surface area (Å²) in [5.41, 5.74) is 0.134. The van der Waals surface area contributed by atoms with Crippen molar-refractivity contribution in [3.05, 3.63) is 0 Å². The largest absolute Gasteiger partial charge is 0.455 e. The molecule has 98 valence electrons. The molecule has 0 saturated carbocycles. The van der Waals surface area contributed by atoms with Gasteiger partial charge in [-0.3, -0.25) is 0 Å². The zero-order chi connectivity index (χ0) is 13.0. The first kappa shape index (κ1) is 16.3. The maximum atomic E-state index is 9.90. The van der Waals surface area contributed by atoms with Gasteiger partial charge in [0.15, 0.2) is 16.6 Å². The first-order chi connectivity index (χ1) is 7.14. The molecule has 0 radical (unpaired) electrons. The van der Waals surface area contributed by atoms with Crippen molar-refractivity contribution < 1.29 is 14.3 Å². The molecule has 0 spiro atoms. The Labute approximate surface area is 102 Å². The van der Waals surface area contributed by atoms with E-state index in [9.17, 15) is 5.11 Å². The first-order valence-electron chi connectivity index (χ1n) is 6.13. The maximum absolute atomic E-state index is 9.90. The van der Waals surface area contributed by atoms with E-state index in [4.69, 9.17) is 9.22 Å². The molecule has 2 unspecified atom stereocenters. The van der Waals surface area contributed by atoms with Gasteiger partial charge in [-0.25, -0.2) is 0 Å². The molecule has 0 heterocycles. The molecular formula is C11H28O3Si2. The summed E-state index contributed by atoms with van der Waals surface area (Å²) < 4.78 is 6.27. The van der Waals surface area contributed by atoms with Gasteiger partial charge in [0.1, 0.15) is 0 Å². The summed E-state index contributed by atoms with van der Waals surface area (Å²) in [4.78, 5) is 0. The highest BCUT2D eigenvalue weighted by Gasteiger charge is 2.40. The van der Waals surface area contributed by atoms with Crippen LogP contribution in [-0.2, 0) is 4.12 Å². The number of hydrogen-bond donors (Lipinski definition) is 2. The summed E-state index contributed by atoms with van der Waals surface area (Å²) in [6.07, 6.45) is 1.33. The lowest BCUT2D eigenvalue weighted by Crippen LogP contribution is -2.49. The van der Waals surface area contributed by atoms with Gasteiger partial charge in [0.2, 0.25) is 0 Å². The van der Waals surface area contributed by atoms with Crippen LogP contribution in [0.25, 0.3) is 0 Å². The molecule has 0 rings (SSSR count). The molecule has 16 heavy (non-hydrogen) atoms. The van der Waals surface area contributed by atoms with Crippen molar-refractivity contribution in [2.24, 2.45) is 0 Å². The van der Waals surface area contributed by atoms with Crippen molar-refractivity contribution >= 4 is 16.6 Å². The topological polar surface area (TPSA) is 49.7 Å². The standard InChI is InChI=1S/C11H28O3Si2/c1-7-8-11(10(13)9-12)16(5,6)14-15(2,3)4/h10-13H,7-9H2,1-6H3. The zero-order valence-corrected chi connectivity index (χ0v) is 13.6. The Morgan fingerprint density at radius 1 is 1.12 bits per heavy atom. The van der Waals surface area contributed by atoms with E-state index in [1.807, 2.05) is 0 Å². The summed E-state index contributed by atoms with van der Waals surface area (Å²) in [7, 11) is -3.50. The molecule has 0 aromatic rings. The summed E-state index contributed by atoms with van der Waals surface area (Å²) >= 11 is 0. The van der Waals surface area contributed by atoms with Gasteiger partial charge in [-0.05, 0) is 39.2 Å². The molecule has 0 aromatic carbocycles. The van der Waals surface area contributed by atoms with Crippen LogP contribution in [0.2, 0.25) is 38.3 Å². The number of rotatable bonds is 7. The number of hydrogen-bond acceptors (Lipinski definition) is 3. The molecule has 0 aliphatic carbocycles. The minimum atomic E-state index is -1.92. The van der Waals surface area contributed by atoms with Gasteiger partial charge < -0.3 is 14.3 Å². The molecule has 0 aromatic heterocycles. The van der Waals surface area contributed by atoms with Crippen molar-refractivity contribution in [2.45, 2.75) is 64.1 Å². The van der Waals surface area contributed by atoms with Gasteiger partial charge in [0, 0.05) is 5.54 Å². The molecule has 5 heteroatoms. The third-order valence-corrected chi connectivity index (χ3v) is 9.73. The summed E-state index contributed by atoms with van der Waals surface area (Å²) in [5.74, 6) is 0. The third kappa shape index (κ3) is 5.59. The number of aliphatic hydroxyl groups excluding tert-OH is 2. The molecule has 3 nitrogen and oxygen atoms in total. The Morgan fingerprint density at radius 2 is 1.62 bits per heavy atom. The van der Waals surface area contributed by atoms with Gasteiger partial charge in [0.25, 0.3) is 0 Å². The Bertz CT molecular complexity index is 202. The fourth-order valence-corrected chi connectivity index (χ4v) is 11.2. The van der Waals surface area contributed by atoms with Crippen molar-refractivity contribution in [2.75, 3.05) is 6.61 Å². The Morgan fingerprint density at radius 3 is 1.94 bits per heavy atom. The predicted molar refractivity (Wildman–Crippen MR) is 73.7 cm³/mol. The predicted octanol–water partition coefficient (Wildman–Crippen LogP) is 2.57. The Hall–Kier alpha value is 0.314. The van der Waals surface area contributed by atoms with E-state index < -0.39 is 22.7 Å². The molecule has 2 atom stereocenters. The van der Waals surface area contributed by atoms with E-state index in [2.05, 4.69) is 39.7 Å². The third-order valence-electron chi connectivity index (χ3n) is 2.71. The first-order valence-corrected chi connectivity index (χ1v) is 12.5. The van der Waals surface area contributed by atoms with Crippen LogP contribution in [0.15, 0.2) is 0 Å². The van der Waals surface area contributed by atoms with Crippen LogP contribution in [0, 0.1) is 0 Å². The molecule has 0 bridgehead atoms. The second-order valence-electron chi connectivity index (χ2n) is 5.96. The maximum Gasteiger partial charge on any atom is 0.179 e. The highest BCUT2D eigenvalue weighted by Crippen LogP contribution is 2.33. The normalized spacial score (nSPS) is 17.2. The van der Waals surface area contributed by atoms with E-state index in [0.29, 0.717) is 0 Å². The fourth-order valence-electron chi connectivity index (χ4n) is 2.31. The van der Waals surface area contributed by atoms with Crippen LogP contribution in [0.5, 0.6) is 0 Å². The van der Waals surface area contributed by atoms with Crippen molar-refractivity contribution in [3.8, 4) is 0 Å². The lowest BCUT2D eigenvalue weighted by Gasteiger charge is -2.39. The van der Waals surface area contributed by atoms with E-state index in [0.717, 1.165) is 12.8 Å². The molecular weight excluding hydrogens is 236 g/mol. The van der Waals surface area contributed by atoms with Crippen molar-refractivity contribution in [3.63, 3.8) is 0 Å². The lowest BCUT2D eigenvalue weighted by molar-refractivity contribution is 0.0814. The second kappa shape index (κ2) is 6.30. The van der Waals surface area contributed by atoms with Gasteiger partial charge in [-0.2, -0.15) is 0 Å².